The molecule has 3 N–H and O–H groups in total. The third-order valence-electron chi connectivity index (χ3n) is 9.04. The van der Waals surface area contributed by atoms with Gasteiger partial charge in [-0.2, -0.15) is 0 Å². The minimum Gasteiger partial charge on any atom is -0.481 e. The van der Waals surface area contributed by atoms with E-state index >= 15 is 0 Å². The van der Waals surface area contributed by atoms with Crippen molar-refractivity contribution in [3.8, 4) is 0 Å². The molecule has 4 rings (SSSR count). The van der Waals surface area contributed by atoms with Crippen LogP contribution in [-0.4, -0.2) is 34.5 Å². The number of hydrogen-bond donors (Lipinski definition) is 3. The third kappa shape index (κ3) is 1.96. The third-order valence-corrected chi connectivity index (χ3v) is 9.04. The van der Waals surface area contributed by atoms with Gasteiger partial charge in [0.05, 0.1) is 12.0 Å². The van der Waals surface area contributed by atoms with Crippen LogP contribution >= 0.6 is 0 Å². The number of rotatable bonds is 3. The predicted molar refractivity (Wildman–Crippen MR) is 90.3 cm³/mol. The summed E-state index contributed by atoms with van der Waals surface area (Å²) in [6.07, 6.45) is 9.44. The van der Waals surface area contributed by atoms with Crippen LogP contribution in [0, 0.1) is 39.9 Å². The Morgan fingerprint density at radius 3 is 2.50 bits per heavy atom. The van der Waals surface area contributed by atoms with E-state index < -0.39 is 11.4 Å². The molecule has 4 nitrogen and oxygen atoms in total. The Kier molecular flexibility index (Phi) is 3.82. The van der Waals surface area contributed by atoms with Gasteiger partial charge in [-0.3, -0.25) is 4.79 Å². The average Bonchev–Trinajstić information content (AvgIpc) is 2.83. The number of carboxylic acids is 1. The Morgan fingerprint density at radius 1 is 1.04 bits per heavy atom. The molecule has 0 radical (unpaired) electrons. The first kappa shape index (κ1) is 16.8. The number of aliphatic carboxylic acids is 1. The van der Waals surface area contributed by atoms with E-state index in [1.807, 2.05) is 0 Å². The van der Waals surface area contributed by atoms with Crippen molar-refractivity contribution < 1.29 is 20.1 Å². The molecule has 1 spiro atoms. The second kappa shape index (κ2) is 5.44. The molecule has 4 heteroatoms. The van der Waals surface area contributed by atoms with Crippen LogP contribution < -0.4 is 0 Å². The predicted octanol–water partition coefficient (Wildman–Crippen LogP) is 3.06. The zero-order valence-corrected chi connectivity index (χ0v) is 14.8. The molecule has 0 saturated heterocycles. The van der Waals surface area contributed by atoms with Gasteiger partial charge < -0.3 is 15.3 Å². The second-order valence-electron chi connectivity index (χ2n) is 9.67. The number of fused-ring (bicyclic) bond motifs is 3. The zero-order chi connectivity index (χ0) is 17.2. The fourth-order valence-electron chi connectivity index (χ4n) is 8.12. The van der Waals surface area contributed by atoms with Gasteiger partial charge in [0.1, 0.15) is 0 Å². The first-order chi connectivity index (χ1) is 11.4. The highest BCUT2D eigenvalue weighted by atomic mass is 16.4. The van der Waals surface area contributed by atoms with Crippen LogP contribution in [0.2, 0.25) is 0 Å². The summed E-state index contributed by atoms with van der Waals surface area (Å²) in [5.41, 5.74) is -0.564. The Bertz CT molecular complexity index is 534. The molecule has 0 heterocycles. The van der Waals surface area contributed by atoms with Crippen molar-refractivity contribution in [3.05, 3.63) is 0 Å². The fourth-order valence-corrected chi connectivity index (χ4v) is 8.12. The number of carbonyl (C=O) groups is 1. The molecular formula is C20H32O4. The van der Waals surface area contributed by atoms with Gasteiger partial charge in [-0.05, 0) is 85.9 Å². The molecule has 136 valence electrons. The zero-order valence-electron chi connectivity index (χ0n) is 14.8. The molecule has 1 unspecified atom stereocenters. The summed E-state index contributed by atoms with van der Waals surface area (Å²) in [6.45, 7) is 2.43. The molecule has 0 aromatic carbocycles. The number of aliphatic hydroxyl groups is 2. The van der Waals surface area contributed by atoms with E-state index in [1.165, 1.54) is 19.3 Å². The Balaban J connectivity index is 1.72. The summed E-state index contributed by atoms with van der Waals surface area (Å²) in [5, 5.41) is 29.8. The average molecular weight is 336 g/mol. The van der Waals surface area contributed by atoms with Crippen molar-refractivity contribution in [2.24, 2.45) is 39.9 Å². The lowest BCUT2D eigenvalue weighted by atomic mass is 9.41. The van der Waals surface area contributed by atoms with E-state index in [4.69, 9.17) is 0 Å². The van der Waals surface area contributed by atoms with E-state index in [2.05, 4.69) is 6.92 Å². The Morgan fingerprint density at radius 2 is 1.83 bits per heavy atom. The summed E-state index contributed by atoms with van der Waals surface area (Å²) in [5.74, 6) is 1.02. The molecule has 4 aliphatic rings. The van der Waals surface area contributed by atoms with Crippen molar-refractivity contribution in [2.75, 3.05) is 13.2 Å². The monoisotopic (exact) mass is 336 g/mol. The van der Waals surface area contributed by atoms with Crippen LogP contribution in [0.25, 0.3) is 0 Å². The van der Waals surface area contributed by atoms with Crippen molar-refractivity contribution in [1.29, 1.82) is 0 Å². The van der Waals surface area contributed by atoms with Gasteiger partial charge in [0.15, 0.2) is 0 Å². The maximum atomic E-state index is 12.1. The lowest BCUT2D eigenvalue weighted by Crippen LogP contribution is -2.60. The van der Waals surface area contributed by atoms with Crippen molar-refractivity contribution in [2.45, 2.75) is 64.7 Å². The Labute approximate surface area is 144 Å². The first-order valence-electron chi connectivity index (χ1n) is 9.87. The largest absolute Gasteiger partial charge is 0.481 e. The van der Waals surface area contributed by atoms with E-state index in [0.717, 1.165) is 32.1 Å². The standard InChI is InChI=1S/C20H32O4/c1-18-6-2-7-20(12-22,17(23)24)16(18)5-8-19-9-13(3-4-15(18)19)14(10-19)11-21/h13-16,21-22H,2-12H2,1H3,(H,23,24)/t13-,14?,15+,16+,18+,19+,20+/m1/s1. The maximum absolute atomic E-state index is 12.1. The highest BCUT2D eigenvalue weighted by Crippen LogP contribution is 2.72. The summed E-state index contributed by atoms with van der Waals surface area (Å²) < 4.78 is 0. The summed E-state index contributed by atoms with van der Waals surface area (Å²) in [7, 11) is 0. The molecule has 0 amide bonds. The van der Waals surface area contributed by atoms with Crippen LogP contribution in [-0.2, 0) is 4.79 Å². The topological polar surface area (TPSA) is 77.8 Å². The van der Waals surface area contributed by atoms with Crippen molar-refractivity contribution in [1.82, 2.24) is 0 Å². The number of hydrogen-bond acceptors (Lipinski definition) is 3. The number of carboxylic acid groups (broad SMARTS) is 1. The van der Waals surface area contributed by atoms with Gasteiger partial charge in [0, 0.05) is 6.61 Å². The van der Waals surface area contributed by atoms with Gasteiger partial charge in [-0.25, -0.2) is 0 Å². The van der Waals surface area contributed by atoms with E-state index in [9.17, 15) is 20.1 Å². The number of aliphatic hydroxyl groups excluding tert-OH is 2. The molecule has 4 saturated carbocycles. The van der Waals surface area contributed by atoms with Crippen LogP contribution in [0.4, 0.5) is 0 Å². The maximum Gasteiger partial charge on any atom is 0.312 e. The molecular weight excluding hydrogens is 304 g/mol. The molecule has 0 aliphatic heterocycles. The molecule has 4 aliphatic carbocycles. The van der Waals surface area contributed by atoms with Gasteiger partial charge >= 0.3 is 5.97 Å². The van der Waals surface area contributed by atoms with Crippen LogP contribution in [0.1, 0.15) is 64.7 Å². The van der Waals surface area contributed by atoms with Gasteiger partial charge in [0.25, 0.3) is 0 Å². The Hall–Kier alpha value is -0.610. The fraction of sp³-hybridized carbons (Fsp3) is 0.950. The molecule has 7 atom stereocenters. The van der Waals surface area contributed by atoms with Crippen molar-refractivity contribution >= 4 is 5.97 Å². The lowest BCUT2D eigenvalue weighted by molar-refractivity contribution is -0.191. The first-order valence-corrected chi connectivity index (χ1v) is 9.87. The summed E-state index contributed by atoms with van der Waals surface area (Å²) in [6, 6.07) is 0. The molecule has 24 heavy (non-hydrogen) atoms. The lowest BCUT2D eigenvalue weighted by Gasteiger charge is -2.63. The smallest absolute Gasteiger partial charge is 0.312 e. The summed E-state index contributed by atoms with van der Waals surface area (Å²) >= 11 is 0. The van der Waals surface area contributed by atoms with Crippen LogP contribution in [0.15, 0.2) is 0 Å². The van der Waals surface area contributed by atoms with Gasteiger partial charge in [0.2, 0.25) is 0 Å². The quantitative estimate of drug-likeness (QED) is 0.740. The van der Waals surface area contributed by atoms with E-state index in [-0.39, 0.29) is 17.9 Å². The minimum atomic E-state index is -0.930. The normalized spacial score (nSPS) is 53.3. The van der Waals surface area contributed by atoms with Gasteiger partial charge in [-0.15, -0.1) is 0 Å². The van der Waals surface area contributed by atoms with E-state index in [1.54, 1.807) is 0 Å². The molecule has 2 bridgehead atoms. The molecule has 4 fully saturated rings. The van der Waals surface area contributed by atoms with E-state index in [0.29, 0.717) is 36.2 Å². The van der Waals surface area contributed by atoms with Crippen LogP contribution in [0.3, 0.4) is 0 Å². The molecule has 0 aromatic rings. The highest BCUT2D eigenvalue weighted by Gasteiger charge is 2.66. The highest BCUT2D eigenvalue weighted by molar-refractivity contribution is 5.75. The summed E-state index contributed by atoms with van der Waals surface area (Å²) in [4.78, 5) is 12.1. The van der Waals surface area contributed by atoms with Crippen molar-refractivity contribution in [3.63, 3.8) is 0 Å². The van der Waals surface area contributed by atoms with Crippen LogP contribution in [0.5, 0.6) is 0 Å². The minimum absolute atomic E-state index is 0.0347. The van der Waals surface area contributed by atoms with Gasteiger partial charge in [-0.1, -0.05) is 13.3 Å². The SMILES string of the molecule is C[C@@]12CCC[C@@](CO)(C(=O)O)[C@H]1CC[C@]13CC(CO)[C@H](CC[C@H]12)C3. The molecule has 0 aromatic heterocycles. The second-order valence-corrected chi connectivity index (χ2v) is 9.67.